The first-order chi connectivity index (χ1) is 12.8. The van der Waals surface area contributed by atoms with Gasteiger partial charge >= 0.3 is 0 Å². The van der Waals surface area contributed by atoms with E-state index in [0.29, 0.717) is 63.3 Å². The average Bonchev–Trinajstić information content (AvgIpc) is 3.19. The van der Waals surface area contributed by atoms with Crippen LogP contribution in [0.2, 0.25) is 5.02 Å². The first-order valence-corrected chi connectivity index (χ1v) is 11.3. The number of sulfone groups is 1. The molecule has 1 saturated carbocycles. The maximum atomic E-state index is 13.4. The van der Waals surface area contributed by atoms with Crippen LogP contribution in [0.15, 0.2) is 29.2 Å². The monoisotopic (exact) mass is 412 g/mol. The van der Waals surface area contributed by atoms with Crippen LogP contribution < -0.4 is 0 Å². The molecule has 2 amide bonds. The van der Waals surface area contributed by atoms with Gasteiger partial charge in [-0.15, -0.1) is 0 Å². The lowest BCUT2D eigenvalue weighted by Gasteiger charge is -2.39. The summed E-state index contributed by atoms with van der Waals surface area (Å²) >= 11 is 5.89. The van der Waals surface area contributed by atoms with Crippen LogP contribution in [0.5, 0.6) is 0 Å². The van der Waals surface area contributed by atoms with Crippen molar-refractivity contribution in [3.05, 3.63) is 29.3 Å². The second-order valence-electron chi connectivity index (χ2n) is 7.19. The van der Waals surface area contributed by atoms with Gasteiger partial charge in [-0.2, -0.15) is 0 Å². The van der Waals surface area contributed by atoms with Crippen molar-refractivity contribution in [3.63, 3.8) is 0 Å². The summed E-state index contributed by atoms with van der Waals surface area (Å²) in [6.45, 7) is 3.47. The normalized spacial score (nSPS) is 19.9. The number of piperazine rings is 1. The molecule has 27 heavy (non-hydrogen) atoms. The standard InChI is InChI=1S/C19H25ClN2O4S/c1-2-17(23)21-11-13-22(14-12-21)18(24)19(9-3-4-10-19)27(25,26)16-7-5-15(20)6-8-16/h5-8H,2-4,9-14H2,1H3. The minimum atomic E-state index is -3.83. The van der Waals surface area contributed by atoms with Gasteiger partial charge in [0.25, 0.3) is 0 Å². The Labute approximate surface area is 165 Å². The van der Waals surface area contributed by atoms with Crippen LogP contribution in [0.3, 0.4) is 0 Å². The Bertz CT molecular complexity index is 809. The summed E-state index contributed by atoms with van der Waals surface area (Å²) in [5.74, 6) is -0.259. The molecule has 0 N–H and O–H groups in total. The molecule has 0 atom stereocenters. The zero-order valence-electron chi connectivity index (χ0n) is 15.5. The molecule has 3 rings (SSSR count). The fraction of sp³-hybridized carbons (Fsp3) is 0.579. The van der Waals surface area contributed by atoms with Crippen LogP contribution in [0.1, 0.15) is 39.0 Å². The number of benzene rings is 1. The molecule has 0 radical (unpaired) electrons. The molecule has 1 aliphatic heterocycles. The summed E-state index contributed by atoms with van der Waals surface area (Å²) in [5, 5.41) is 0.456. The number of rotatable bonds is 4. The van der Waals surface area contributed by atoms with E-state index < -0.39 is 14.6 Å². The molecule has 1 heterocycles. The van der Waals surface area contributed by atoms with Crippen molar-refractivity contribution >= 4 is 33.3 Å². The topological polar surface area (TPSA) is 74.8 Å². The first-order valence-electron chi connectivity index (χ1n) is 9.39. The lowest BCUT2D eigenvalue weighted by atomic mass is 10.0. The lowest BCUT2D eigenvalue weighted by Crippen LogP contribution is -2.58. The number of carbonyl (C=O) groups excluding carboxylic acids is 2. The highest BCUT2D eigenvalue weighted by atomic mass is 35.5. The Morgan fingerprint density at radius 1 is 1.00 bits per heavy atom. The minimum absolute atomic E-state index is 0.0615. The molecule has 2 fully saturated rings. The van der Waals surface area contributed by atoms with Gasteiger partial charge in [0.2, 0.25) is 11.8 Å². The van der Waals surface area contributed by atoms with Gasteiger partial charge in [0.1, 0.15) is 0 Å². The Balaban J connectivity index is 1.86. The Morgan fingerprint density at radius 2 is 1.52 bits per heavy atom. The third kappa shape index (κ3) is 3.59. The molecule has 6 nitrogen and oxygen atoms in total. The van der Waals surface area contributed by atoms with E-state index in [-0.39, 0.29) is 16.7 Å². The summed E-state index contributed by atoms with van der Waals surface area (Å²) < 4.78 is 25.4. The maximum absolute atomic E-state index is 13.4. The van der Waals surface area contributed by atoms with Gasteiger partial charge in [0, 0.05) is 37.6 Å². The summed E-state index contributed by atoms with van der Waals surface area (Å²) in [5.41, 5.74) is 0. The van der Waals surface area contributed by atoms with Crippen molar-refractivity contribution in [1.29, 1.82) is 0 Å². The highest BCUT2D eigenvalue weighted by Gasteiger charge is 2.54. The number of carbonyl (C=O) groups is 2. The van der Waals surface area contributed by atoms with Gasteiger partial charge in [0.15, 0.2) is 14.6 Å². The SMILES string of the molecule is CCC(=O)N1CCN(C(=O)C2(S(=O)(=O)c3ccc(Cl)cc3)CCCC2)CC1. The quantitative estimate of drug-likeness (QED) is 0.761. The van der Waals surface area contributed by atoms with Crippen LogP contribution in [-0.4, -0.2) is 61.0 Å². The van der Waals surface area contributed by atoms with E-state index in [0.717, 1.165) is 0 Å². The van der Waals surface area contributed by atoms with Gasteiger partial charge in [-0.1, -0.05) is 31.4 Å². The second-order valence-corrected chi connectivity index (χ2v) is 9.88. The Morgan fingerprint density at radius 3 is 2.04 bits per heavy atom. The van der Waals surface area contributed by atoms with Crippen LogP contribution in [0, 0.1) is 0 Å². The largest absolute Gasteiger partial charge is 0.339 e. The molecule has 1 aromatic rings. The fourth-order valence-electron chi connectivity index (χ4n) is 4.05. The minimum Gasteiger partial charge on any atom is -0.339 e. The number of hydrogen-bond donors (Lipinski definition) is 0. The van der Waals surface area contributed by atoms with Gasteiger partial charge in [0.05, 0.1) is 4.90 Å². The zero-order chi connectivity index (χ0) is 19.7. The highest BCUT2D eigenvalue weighted by Crippen LogP contribution is 2.42. The molecule has 148 valence electrons. The Hall–Kier alpha value is -1.60. The lowest BCUT2D eigenvalue weighted by molar-refractivity contribution is -0.141. The number of hydrogen-bond acceptors (Lipinski definition) is 4. The van der Waals surface area contributed by atoms with Crippen molar-refractivity contribution in [2.24, 2.45) is 0 Å². The molecule has 1 saturated heterocycles. The predicted molar refractivity (Wildman–Crippen MR) is 103 cm³/mol. The van der Waals surface area contributed by atoms with Crippen molar-refractivity contribution in [2.45, 2.75) is 48.7 Å². The first kappa shape index (κ1) is 20.1. The van der Waals surface area contributed by atoms with Gasteiger partial charge in [-0.3, -0.25) is 9.59 Å². The van der Waals surface area contributed by atoms with Crippen molar-refractivity contribution < 1.29 is 18.0 Å². The molecule has 1 aromatic carbocycles. The van der Waals surface area contributed by atoms with Crippen molar-refractivity contribution in [1.82, 2.24) is 9.80 Å². The average molecular weight is 413 g/mol. The molecule has 1 aliphatic carbocycles. The van der Waals surface area contributed by atoms with E-state index in [2.05, 4.69) is 0 Å². The van der Waals surface area contributed by atoms with Gasteiger partial charge in [-0.25, -0.2) is 8.42 Å². The fourth-order valence-corrected chi connectivity index (χ4v) is 6.31. The van der Waals surface area contributed by atoms with Crippen LogP contribution in [0.25, 0.3) is 0 Å². The summed E-state index contributed by atoms with van der Waals surface area (Å²) in [6.07, 6.45) is 2.54. The van der Waals surface area contributed by atoms with Crippen molar-refractivity contribution in [2.75, 3.05) is 26.2 Å². The summed E-state index contributed by atoms with van der Waals surface area (Å²) in [7, 11) is -3.83. The van der Waals surface area contributed by atoms with Gasteiger partial charge in [-0.05, 0) is 37.1 Å². The van der Waals surface area contributed by atoms with Crippen LogP contribution >= 0.6 is 11.6 Å². The van der Waals surface area contributed by atoms with E-state index in [4.69, 9.17) is 11.6 Å². The molecular weight excluding hydrogens is 388 g/mol. The zero-order valence-corrected chi connectivity index (χ0v) is 17.1. The highest BCUT2D eigenvalue weighted by molar-refractivity contribution is 7.93. The molecular formula is C19H25ClN2O4S. The third-order valence-electron chi connectivity index (χ3n) is 5.66. The van der Waals surface area contributed by atoms with Crippen molar-refractivity contribution in [3.8, 4) is 0 Å². The predicted octanol–water partition coefficient (Wildman–Crippen LogP) is 2.51. The smallest absolute Gasteiger partial charge is 0.244 e. The summed E-state index contributed by atoms with van der Waals surface area (Å²) in [4.78, 5) is 28.7. The number of amides is 2. The molecule has 0 aromatic heterocycles. The van der Waals surface area contributed by atoms with E-state index >= 15 is 0 Å². The molecule has 8 heteroatoms. The maximum Gasteiger partial charge on any atom is 0.244 e. The van der Waals surface area contributed by atoms with Crippen LogP contribution in [0.4, 0.5) is 0 Å². The van der Waals surface area contributed by atoms with E-state index in [1.165, 1.54) is 24.3 Å². The van der Waals surface area contributed by atoms with Crippen LogP contribution in [-0.2, 0) is 19.4 Å². The molecule has 2 aliphatic rings. The molecule has 0 spiro atoms. The molecule has 0 unspecified atom stereocenters. The second kappa shape index (κ2) is 7.80. The van der Waals surface area contributed by atoms with E-state index in [1.807, 2.05) is 6.92 Å². The third-order valence-corrected chi connectivity index (χ3v) is 8.42. The van der Waals surface area contributed by atoms with E-state index in [1.54, 1.807) is 9.80 Å². The summed E-state index contributed by atoms with van der Waals surface area (Å²) in [6, 6.07) is 6.03. The number of nitrogens with zero attached hydrogens (tertiary/aromatic N) is 2. The van der Waals surface area contributed by atoms with E-state index in [9.17, 15) is 18.0 Å². The molecule has 0 bridgehead atoms. The number of halogens is 1. The Kier molecular flexibility index (Phi) is 5.82. The van der Waals surface area contributed by atoms with Gasteiger partial charge < -0.3 is 9.80 Å².